The van der Waals surface area contributed by atoms with Crippen molar-refractivity contribution in [1.82, 2.24) is 0 Å². The number of carboxylic acids is 2. The molecule has 0 amide bonds. The summed E-state index contributed by atoms with van der Waals surface area (Å²) in [6, 6.07) is 23.1. The van der Waals surface area contributed by atoms with Gasteiger partial charge in [-0.3, -0.25) is 0 Å². The lowest BCUT2D eigenvalue weighted by atomic mass is 10.0. The lowest BCUT2D eigenvalue weighted by molar-refractivity contribution is -0.150. The highest BCUT2D eigenvalue weighted by Gasteiger charge is 2.18. The van der Waals surface area contributed by atoms with E-state index in [4.69, 9.17) is 18.9 Å². The molecular weight excluding hydrogens is 560 g/mol. The van der Waals surface area contributed by atoms with E-state index in [0.717, 1.165) is 33.4 Å². The van der Waals surface area contributed by atoms with Crippen molar-refractivity contribution in [2.24, 2.45) is 0 Å². The summed E-state index contributed by atoms with van der Waals surface area (Å²) in [6.07, 6.45) is 2.95. The molecule has 2 atom stereocenters. The normalized spacial score (nSPS) is 13.3. The fourth-order valence-corrected chi connectivity index (χ4v) is 4.48. The van der Waals surface area contributed by atoms with Crippen LogP contribution in [0.15, 0.2) is 84.9 Å². The summed E-state index contributed by atoms with van der Waals surface area (Å²) >= 11 is 0. The van der Waals surface area contributed by atoms with E-state index < -0.39 is 24.1 Å². The molecule has 0 saturated heterocycles. The van der Waals surface area contributed by atoms with Gasteiger partial charge in [0.1, 0.15) is 24.7 Å². The van der Waals surface area contributed by atoms with Gasteiger partial charge < -0.3 is 29.2 Å². The lowest BCUT2D eigenvalue weighted by Gasteiger charge is -2.13. The first kappa shape index (κ1) is 34.1. The second-order valence-electron chi connectivity index (χ2n) is 10.2. The van der Waals surface area contributed by atoms with Gasteiger partial charge >= 0.3 is 11.9 Å². The van der Waals surface area contributed by atoms with E-state index >= 15 is 0 Å². The average molecular weight is 603 g/mol. The van der Waals surface area contributed by atoms with Gasteiger partial charge in [-0.25, -0.2) is 9.59 Å². The van der Waals surface area contributed by atoms with Crippen molar-refractivity contribution < 1.29 is 38.7 Å². The molecule has 0 radical (unpaired) electrons. The van der Waals surface area contributed by atoms with Crippen molar-refractivity contribution in [2.45, 2.75) is 52.7 Å². The van der Waals surface area contributed by atoms with Crippen LogP contribution in [0.4, 0.5) is 0 Å². The molecule has 0 aromatic heterocycles. The summed E-state index contributed by atoms with van der Waals surface area (Å²) in [6.45, 7) is 9.15. The van der Waals surface area contributed by atoms with Gasteiger partial charge in [0.25, 0.3) is 0 Å². The zero-order chi connectivity index (χ0) is 31.9. The number of hydrogen-bond donors (Lipinski definition) is 2. The molecule has 44 heavy (non-hydrogen) atoms. The van der Waals surface area contributed by atoms with Gasteiger partial charge in [-0.05, 0) is 104 Å². The minimum absolute atomic E-state index is 0.303. The van der Waals surface area contributed by atoms with Crippen LogP contribution in [0.25, 0.3) is 11.1 Å². The van der Waals surface area contributed by atoms with Crippen LogP contribution >= 0.6 is 0 Å². The van der Waals surface area contributed by atoms with Gasteiger partial charge in [0, 0.05) is 26.1 Å². The predicted molar refractivity (Wildman–Crippen MR) is 171 cm³/mol. The maximum absolute atomic E-state index is 11.3. The van der Waals surface area contributed by atoms with Crippen LogP contribution in [0.5, 0.6) is 11.5 Å². The van der Waals surface area contributed by atoms with Gasteiger partial charge in [-0.2, -0.15) is 0 Å². The van der Waals surface area contributed by atoms with E-state index in [0.29, 0.717) is 50.8 Å². The average Bonchev–Trinajstić information content (AvgIpc) is 3.02. The van der Waals surface area contributed by atoms with E-state index in [1.165, 1.54) is 0 Å². The Balaban J connectivity index is 1.51. The molecule has 3 aromatic carbocycles. The molecule has 0 aliphatic rings. The maximum Gasteiger partial charge on any atom is 0.333 e. The number of ether oxygens (including phenoxy) is 4. The number of carboxylic acid groups (broad SMARTS) is 2. The van der Waals surface area contributed by atoms with E-state index in [2.05, 4.69) is 18.2 Å². The molecule has 3 rings (SSSR count). The Morgan fingerprint density at radius 2 is 1.05 bits per heavy atom. The topological polar surface area (TPSA) is 112 Å². The molecule has 0 fully saturated rings. The Bertz CT molecular complexity index is 1300. The minimum Gasteiger partial charge on any atom is -0.490 e. The molecule has 3 aromatic rings. The Morgan fingerprint density at radius 1 is 0.659 bits per heavy atom. The van der Waals surface area contributed by atoms with Crippen LogP contribution in [0.2, 0.25) is 0 Å². The fourth-order valence-electron chi connectivity index (χ4n) is 4.48. The fraction of sp³-hybridized carbons (Fsp3) is 0.333. The molecule has 8 heteroatoms. The lowest BCUT2D eigenvalue weighted by Crippen LogP contribution is -2.26. The number of allylic oxidation sites excluding steroid dienone is 2. The third-order valence-corrected chi connectivity index (χ3v) is 7.03. The molecule has 8 nitrogen and oxygen atoms in total. The minimum atomic E-state index is -0.967. The Kier molecular flexibility index (Phi) is 13.7. The Labute approximate surface area is 259 Å². The summed E-state index contributed by atoms with van der Waals surface area (Å²) in [4.78, 5) is 22.6. The van der Waals surface area contributed by atoms with Crippen LogP contribution in [0.3, 0.4) is 0 Å². The standard InChI is InChI=1S/C36H42O8/c1-5-41-33(35(37)38)22-27-10-14-31(15-11-27)43-20-18-25(3)29-8-7-9-30(24-29)26(4)19-21-44-32-16-12-28(13-17-32)23-34(36(39)40)42-6-2/h7-19,24,33-34H,5-6,20-23H2,1-4H3,(H,37,38)(H,39,40)/b25-18+,26-19+. The van der Waals surface area contributed by atoms with Crippen LogP contribution in [0.1, 0.15) is 49.9 Å². The highest BCUT2D eigenvalue weighted by Crippen LogP contribution is 2.22. The Morgan fingerprint density at radius 3 is 1.39 bits per heavy atom. The van der Waals surface area contributed by atoms with Gasteiger partial charge in [0.2, 0.25) is 0 Å². The molecule has 0 saturated carbocycles. The van der Waals surface area contributed by atoms with Crippen LogP contribution in [-0.4, -0.2) is 60.8 Å². The first-order valence-corrected chi connectivity index (χ1v) is 14.8. The summed E-state index contributed by atoms with van der Waals surface area (Å²) < 4.78 is 22.4. The monoisotopic (exact) mass is 602 g/mol. The van der Waals surface area contributed by atoms with Crippen molar-refractivity contribution in [1.29, 1.82) is 0 Å². The molecule has 234 valence electrons. The molecule has 0 aliphatic carbocycles. The number of benzene rings is 3. The van der Waals surface area contributed by atoms with Gasteiger partial charge in [-0.1, -0.05) is 42.5 Å². The highest BCUT2D eigenvalue weighted by atomic mass is 16.5. The summed E-state index contributed by atoms with van der Waals surface area (Å²) in [5.41, 5.74) is 6.10. The van der Waals surface area contributed by atoms with Gasteiger partial charge in [0.15, 0.2) is 12.2 Å². The zero-order valence-electron chi connectivity index (χ0n) is 25.8. The molecular formula is C36H42O8. The molecule has 0 heterocycles. The molecule has 0 aliphatic heterocycles. The SMILES string of the molecule is CCOC(Cc1ccc(OC/C=C(\C)c2cccc(/C(C)=C/COc3ccc(CC(OCC)C(=O)O)cc3)c2)cc1)C(=O)O. The third kappa shape index (κ3) is 11.0. The van der Waals surface area contributed by atoms with Crippen molar-refractivity contribution >= 4 is 23.1 Å². The molecule has 2 unspecified atom stereocenters. The van der Waals surface area contributed by atoms with E-state index in [1.807, 2.05) is 80.6 Å². The van der Waals surface area contributed by atoms with Crippen molar-refractivity contribution in [2.75, 3.05) is 26.4 Å². The van der Waals surface area contributed by atoms with Crippen LogP contribution in [0, 0.1) is 0 Å². The second kappa shape index (κ2) is 17.7. The largest absolute Gasteiger partial charge is 0.490 e. The van der Waals surface area contributed by atoms with Crippen molar-refractivity contribution in [3.05, 3.63) is 107 Å². The van der Waals surface area contributed by atoms with Crippen molar-refractivity contribution in [3.8, 4) is 11.5 Å². The number of rotatable bonds is 18. The number of hydrogen-bond acceptors (Lipinski definition) is 6. The van der Waals surface area contributed by atoms with Gasteiger partial charge in [0.05, 0.1) is 0 Å². The van der Waals surface area contributed by atoms with E-state index in [1.54, 1.807) is 13.8 Å². The summed E-state index contributed by atoms with van der Waals surface area (Å²) in [7, 11) is 0. The first-order chi connectivity index (χ1) is 21.2. The van der Waals surface area contributed by atoms with Crippen molar-refractivity contribution in [3.63, 3.8) is 0 Å². The van der Waals surface area contributed by atoms with Crippen LogP contribution in [-0.2, 0) is 31.9 Å². The summed E-state index contributed by atoms with van der Waals surface area (Å²) in [5.74, 6) is -0.520. The predicted octanol–water partition coefficient (Wildman–Crippen LogP) is 6.72. The van der Waals surface area contributed by atoms with E-state index in [-0.39, 0.29) is 0 Å². The second-order valence-corrected chi connectivity index (χ2v) is 10.2. The zero-order valence-corrected chi connectivity index (χ0v) is 25.8. The Hall–Kier alpha value is -4.40. The third-order valence-electron chi connectivity index (χ3n) is 7.03. The van der Waals surface area contributed by atoms with Crippen LogP contribution < -0.4 is 9.47 Å². The van der Waals surface area contributed by atoms with E-state index in [9.17, 15) is 19.8 Å². The molecule has 0 bridgehead atoms. The maximum atomic E-state index is 11.3. The summed E-state index contributed by atoms with van der Waals surface area (Å²) in [5, 5.41) is 18.6. The molecule has 2 N–H and O–H groups in total. The molecule has 0 spiro atoms. The number of carbonyl (C=O) groups is 2. The smallest absolute Gasteiger partial charge is 0.333 e. The number of aliphatic carboxylic acids is 2. The van der Waals surface area contributed by atoms with Gasteiger partial charge in [-0.15, -0.1) is 0 Å². The quantitative estimate of drug-likeness (QED) is 0.165. The highest BCUT2D eigenvalue weighted by molar-refractivity contribution is 5.73. The first-order valence-electron chi connectivity index (χ1n) is 14.8.